The first kappa shape index (κ1) is 21.2. The molecule has 6 nitrogen and oxygen atoms in total. The maximum atomic E-state index is 12.9. The molecule has 3 aromatic rings. The number of sulfonamides is 1. The fourth-order valence-electron chi connectivity index (χ4n) is 3.47. The second-order valence-corrected chi connectivity index (χ2v) is 10.4. The Morgan fingerprint density at radius 2 is 1.53 bits per heavy atom. The average molecular weight is 534 g/mol. The summed E-state index contributed by atoms with van der Waals surface area (Å²) in [5.74, 6) is 0.773. The minimum atomic E-state index is -3.47. The van der Waals surface area contributed by atoms with Crippen LogP contribution in [0.25, 0.3) is 11.3 Å². The van der Waals surface area contributed by atoms with Crippen molar-refractivity contribution in [1.29, 1.82) is 0 Å². The highest BCUT2D eigenvalue weighted by Gasteiger charge is 2.29. The fraction of sp³-hybridized carbons (Fsp3) is 0.273. The molecule has 0 spiro atoms. The Morgan fingerprint density at radius 1 is 0.867 bits per heavy atom. The number of nitrogens with zero attached hydrogens (tertiary/aromatic N) is 4. The van der Waals surface area contributed by atoms with Crippen LogP contribution in [0.5, 0.6) is 0 Å². The number of aromatic nitrogens is 2. The molecule has 1 aromatic heterocycles. The normalized spacial score (nSPS) is 15.3. The van der Waals surface area contributed by atoms with E-state index < -0.39 is 10.0 Å². The van der Waals surface area contributed by atoms with Crippen LogP contribution in [0.15, 0.2) is 65.6 Å². The van der Waals surface area contributed by atoms with Gasteiger partial charge >= 0.3 is 0 Å². The van der Waals surface area contributed by atoms with Crippen molar-refractivity contribution in [2.24, 2.45) is 0 Å². The van der Waals surface area contributed by atoms with E-state index in [2.05, 4.69) is 68.9 Å². The lowest BCUT2D eigenvalue weighted by atomic mass is 10.1. The van der Waals surface area contributed by atoms with Gasteiger partial charge in [0.1, 0.15) is 0 Å². The van der Waals surface area contributed by atoms with E-state index in [0.29, 0.717) is 31.1 Å². The summed E-state index contributed by atoms with van der Waals surface area (Å²) in [5.41, 5.74) is 3.17. The van der Waals surface area contributed by atoms with Gasteiger partial charge in [-0.2, -0.15) is 4.31 Å². The predicted octanol–water partition coefficient (Wildman–Crippen LogP) is 3.82. The van der Waals surface area contributed by atoms with E-state index in [1.54, 1.807) is 16.4 Å². The van der Waals surface area contributed by atoms with Crippen molar-refractivity contribution in [1.82, 2.24) is 14.5 Å². The molecule has 0 bridgehead atoms. The lowest BCUT2D eigenvalue weighted by Crippen LogP contribution is -2.49. The number of aryl methyl sites for hydroxylation is 1. The van der Waals surface area contributed by atoms with Gasteiger partial charge in [0.25, 0.3) is 0 Å². The first-order valence-electron chi connectivity index (χ1n) is 9.91. The molecular weight excluding hydrogens is 511 g/mol. The summed E-state index contributed by atoms with van der Waals surface area (Å²) in [7, 11) is -3.47. The molecule has 1 fully saturated rings. The Morgan fingerprint density at radius 3 is 2.10 bits per heavy atom. The zero-order valence-corrected chi connectivity index (χ0v) is 19.7. The quantitative estimate of drug-likeness (QED) is 0.466. The monoisotopic (exact) mass is 534 g/mol. The number of piperazine rings is 1. The van der Waals surface area contributed by atoms with E-state index in [0.717, 1.165) is 27.1 Å². The lowest BCUT2D eigenvalue weighted by Gasteiger charge is -2.34. The van der Waals surface area contributed by atoms with Crippen molar-refractivity contribution in [3.63, 3.8) is 0 Å². The van der Waals surface area contributed by atoms with Crippen LogP contribution in [0.3, 0.4) is 0 Å². The van der Waals surface area contributed by atoms with Crippen molar-refractivity contribution in [3.05, 3.63) is 69.8 Å². The molecule has 0 amide bonds. The summed E-state index contributed by atoms with van der Waals surface area (Å²) in [6, 6.07) is 19.2. The summed E-state index contributed by atoms with van der Waals surface area (Å²) in [6.45, 7) is 4.16. The molecule has 4 rings (SSSR count). The molecule has 1 saturated heterocycles. The van der Waals surface area contributed by atoms with E-state index in [4.69, 9.17) is 0 Å². The van der Waals surface area contributed by atoms with Crippen molar-refractivity contribution in [2.75, 3.05) is 31.1 Å². The van der Waals surface area contributed by atoms with Crippen LogP contribution in [-0.4, -0.2) is 49.1 Å². The largest absolute Gasteiger partial charge is 0.352 e. The highest BCUT2D eigenvalue weighted by atomic mass is 127. The molecule has 156 valence electrons. The molecule has 1 aliphatic rings. The topological polar surface area (TPSA) is 66.4 Å². The van der Waals surface area contributed by atoms with Gasteiger partial charge in [0.2, 0.25) is 10.0 Å². The van der Waals surface area contributed by atoms with E-state index >= 15 is 0 Å². The summed E-state index contributed by atoms with van der Waals surface area (Å²) in [5, 5.41) is 8.76. The minimum Gasteiger partial charge on any atom is -0.352 e. The Hall–Kier alpha value is -2.04. The summed E-state index contributed by atoms with van der Waals surface area (Å²) < 4.78 is 28.3. The Kier molecular flexibility index (Phi) is 6.35. The van der Waals surface area contributed by atoms with Crippen molar-refractivity contribution >= 4 is 38.4 Å². The third-order valence-electron chi connectivity index (χ3n) is 5.32. The Labute approximate surface area is 191 Å². The Balaban J connectivity index is 1.42. The lowest BCUT2D eigenvalue weighted by molar-refractivity contribution is 0.383. The number of halogens is 1. The van der Waals surface area contributed by atoms with Gasteiger partial charge < -0.3 is 4.90 Å². The minimum absolute atomic E-state index is 0.342. The highest BCUT2D eigenvalue weighted by molar-refractivity contribution is 14.1. The molecule has 0 radical (unpaired) electrons. The van der Waals surface area contributed by atoms with Crippen LogP contribution in [0.1, 0.15) is 12.5 Å². The maximum absolute atomic E-state index is 12.9. The van der Waals surface area contributed by atoms with Gasteiger partial charge in [0.15, 0.2) is 5.82 Å². The third kappa shape index (κ3) is 4.50. The molecule has 1 aliphatic heterocycles. The smallest absolute Gasteiger partial charge is 0.243 e. The second-order valence-electron chi connectivity index (χ2n) is 7.17. The first-order valence-corrected chi connectivity index (χ1v) is 12.4. The molecule has 0 unspecified atom stereocenters. The van der Waals surface area contributed by atoms with Crippen LogP contribution in [0, 0.1) is 3.57 Å². The molecule has 0 N–H and O–H groups in total. The summed E-state index contributed by atoms with van der Waals surface area (Å²) in [6.07, 6.45) is 1.01. The summed E-state index contributed by atoms with van der Waals surface area (Å²) >= 11 is 2.17. The average Bonchev–Trinajstić information content (AvgIpc) is 2.80. The third-order valence-corrected chi connectivity index (χ3v) is 7.95. The molecule has 2 aromatic carbocycles. The standard InChI is InChI=1S/C22H23IN4O2S/c1-2-17-3-5-18(6-4-17)21-11-12-22(25-24-21)26-13-15-27(16-14-26)30(28,29)20-9-7-19(23)8-10-20/h3-12H,2,13-16H2,1H3. The molecule has 0 saturated carbocycles. The van der Waals surface area contributed by atoms with Gasteiger partial charge in [0.05, 0.1) is 10.6 Å². The summed E-state index contributed by atoms with van der Waals surface area (Å²) in [4.78, 5) is 2.42. The second kappa shape index (κ2) is 8.99. The molecular formula is C22H23IN4O2S. The van der Waals surface area contributed by atoms with Gasteiger partial charge in [-0.05, 0) is 71.0 Å². The molecule has 0 aliphatic carbocycles. The van der Waals surface area contributed by atoms with Crippen LogP contribution >= 0.6 is 22.6 Å². The van der Waals surface area contributed by atoms with Crippen LogP contribution in [0.4, 0.5) is 5.82 Å². The van der Waals surface area contributed by atoms with E-state index in [1.165, 1.54) is 5.56 Å². The van der Waals surface area contributed by atoms with Crippen LogP contribution in [-0.2, 0) is 16.4 Å². The predicted molar refractivity (Wildman–Crippen MR) is 127 cm³/mol. The van der Waals surface area contributed by atoms with Gasteiger partial charge in [0, 0.05) is 35.3 Å². The molecule has 2 heterocycles. The number of benzene rings is 2. The van der Waals surface area contributed by atoms with E-state index in [-0.39, 0.29) is 0 Å². The van der Waals surface area contributed by atoms with Crippen LogP contribution in [0.2, 0.25) is 0 Å². The van der Waals surface area contributed by atoms with Gasteiger partial charge in [-0.1, -0.05) is 31.2 Å². The van der Waals surface area contributed by atoms with Crippen molar-refractivity contribution < 1.29 is 8.42 Å². The fourth-order valence-corrected chi connectivity index (χ4v) is 5.25. The van der Waals surface area contributed by atoms with Crippen molar-refractivity contribution in [3.8, 4) is 11.3 Å². The highest BCUT2D eigenvalue weighted by Crippen LogP contribution is 2.22. The molecule has 8 heteroatoms. The molecule has 0 atom stereocenters. The maximum Gasteiger partial charge on any atom is 0.243 e. The zero-order chi connectivity index (χ0) is 21.1. The number of rotatable bonds is 5. The number of hydrogen-bond donors (Lipinski definition) is 0. The van der Waals surface area contributed by atoms with E-state index in [9.17, 15) is 8.42 Å². The molecule has 30 heavy (non-hydrogen) atoms. The van der Waals surface area contributed by atoms with Crippen molar-refractivity contribution in [2.45, 2.75) is 18.2 Å². The number of anilines is 1. The Bertz CT molecular complexity index is 1090. The zero-order valence-electron chi connectivity index (χ0n) is 16.7. The van der Waals surface area contributed by atoms with Gasteiger partial charge in [-0.15, -0.1) is 10.2 Å². The first-order chi connectivity index (χ1) is 14.5. The van der Waals surface area contributed by atoms with E-state index in [1.807, 2.05) is 24.3 Å². The SMILES string of the molecule is CCc1ccc(-c2ccc(N3CCN(S(=O)(=O)c4ccc(I)cc4)CC3)nn2)cc1. The number of hydrogen-bond acceptors (Lipinski definition) is 5. The van der Waals surface area contributed by atoms with Gasteiger partial charge in [-0.25, -0.2) is 8.42 Å². The van der Waals surface area contributed by atoms with Gasteiger partial charge in [-0.3, -0.25) is 0 Å². The van der Waals surface area contributed by atoms with Crippen LogP contribution < -0.4 is 4.90 Å².